The average Bonchev–Trinajstić information content (AvgIpc) is 3.26. The lowest BCUT2D eigenvalue weighted by atomic mass is 10.0. The third-order valence-corrected chi connectivity index (χ3v) is 8.01. The van der Waals surface area contributed by atoms with E-state index in [0.29, 0.717) is 29.5 Å². The third kappa shape index (κ3) is 6.11. The Morgan fingerprint density at radius 2 is 1.73 bits per heavy atom. The number of hydrogen-bond donors (Lipinski definition) is 1. The molecule has 37 heavy (non-hydrogen) atoms. The summed E-state index contributed by atoms with van der Waals surface area (Å²) in [6.07, 6.45) is 1.36. The van der Waals surface area contributed by atoms with Crippen LogP contribution >= 0.6 is 0 Å². The van der Waals surface area contributed by atoms with Gasteiger partial charge in [0.1, 0.15) is 11.4 Å². The normalized spacial score (nSPS) is 16.1. The maximum atomic E-state index is 13.5. The van der Waals surface area contributed by atoms with Gasteiger partial charge in [-0.05, 0) is 73.7 Å². The summed E-state index contributed by atoms with van der Waals surface area (Å²) in [5.41, 5.74) is 3.45. The Balaban J connectivity index is 1.34. The number of nitrogens with zero attached hydrogens (tertiary/aromatic N) is 3. The minimum atomic E-state index is -4.02. The van der Waals surface area contributed by atoms with Gasteiger partial charge in [0, 0.05) is 38.9 Å². The molecule has 9 nitrogen and oxygen atoms in total. The van der Waals surface area contributed by atoms with Crippen molar-refractivity contribution >= 4 is 33.6 Å². The number of nitrogens with one attached hydrogen (secondary N) is 1. The van der Waals surface area contributed by atoms with Crippen LogP contribution in [0.4, 0.5) is 19.7 Å². The molecule has 0 spiro atoms. The molecule has 2 aliphatic rings. The van der Waals surface area contributed by atoms with Crippen molar-refractivity contribution in [1.82, 2.24) is 13.5 Å². The number of hydrogen-bond acceptors (Lipinski definition) is 5. The smallest absolute Gasteiger partial charge is 0.424 e. The molecule has 11 heteroatoms. The Morgan fingerprint density at radius 1 is 1.05 bits per heavy atom. The monoisotopic (exact) mass is 530 g/mol. The second-order valence-electron chi connectivity index (χ2n) is 10.1. The molecule has 0 atom stereocenters. The van der Waals surface area contributed by atoms with E-state index in [1.807, 2.05) is 18.2 Å². The zero-order chi connectivity index (χ0) is 27.0. The number of carbonyl (C=O) groups excluding carboxylic acids is 2. The van der Waals surface area contributed by atoms with Gasteiger partial charge < -0.3 is 15.0 Å². The number of urea groups is 1. The fraction of sp³-hybridized carbons (Fsp3) is 0.385. The largest absolute Gasteiger partial charge is 0.443 e. The topological polar surface area (TPSA) is 99.3 Å². The molecule has 0 saturated heterocycles. The summed E-state index contributed by atoms with van der Waals surface area (Å²) in [6.45, 7) is 6.14. The Labute approximate surface area is 216 Å². The second-order valence-corrected chi connectivity index (χ2v) is 12.0. The van der Waals surface area contributed by atoms with Crippen LogP contribution in [-0.4, -0.2) is 59.8 Å². The van der Waals surface area contributed by atoms with Crippen molar-refractivity contribution in [3.8, 4) is 0 Å². The van der Waals surface area contributed by atoms with E-state index in [1.54, 1.807) is 43.9 Å². The van der Waals surface area contributed by atoms with Gasteiger partial charge in [0.05, 0.1) is 0 Å². The number of ether oxygens (including phenoxy) is 1. The molecule has 2 aromatic carbocycles. The SMILES string of the molecule is CN(C(=O)OC(C)(C)C)S(=O)(=O)N1CC=C(c2ccc(NC(=O)N3Cc4ccc(F)cc4C3)cc2)CC1. The molecule has 0 unspecified atom stereocenters. The van der Waals surface area contributed by atoms with Gasteiger partial charge in [-0.25, -0.2) is 14.0 Å². The molecule has 0 saturated carbocycles. The van der Waals surface area contributed by atoms with Crippen LogP contribution in [0.1, 0.15) is 43.9 Å². The summed E-state index contributed by atoms with van der Waals surface area (Å²) in [5, 5.41) is 2.87. The summed E-state index contributed by atoms with van der Waals surface area (Å²) in [7, 11) is -2.83. The van der Waals surface area contributed by atoms with Gasteiger partial charge >= 0.3 is 22.3 Å². The van der Waals surface area contributed by atoms with Crippen molar-refractivity contribution in [2.24, 2.45) is 0 Å². The van der Waals surface area contributed by atoms with Crippen LogP contribution in [0.15, 0.2) is 48.5 Å². The Bertz CT molecular complexity index is 1340. The summed E-state index contributed by atoms with van der Waals surface area (Å²) in [5.74, 6) is -0.315. The summed E-state index contributed by atoms with van der Waals surface area (Å²) >= 11 is 0. The van der Waals surface area contributed by atoms with E-state index in [-0.39, 0.29) is 24.9 Å². The van der Waals surface area contributed by atoms with Crippen molar-refractivity contribution in [2.75, 3.05) is 25.5 Å². The molecule has 0 aromatic heterocycles. The van der Waals surface area contributed by atoms with Crippen molar-refractivity contribution in [1.29, 1.82) is 0 Å². The molecule has 2 aliphatic heterocycles. The second kappa shape index (κ2) is 10.1. The first-order chi connectivity index (χ1) is 17.3. The number of anilines is 1. The van der Waals surface area contributed by atoms with Gasteiger partial charge in [-0.2, -0.15) is 17.0 Å². The van der Waals surface area contributed by atoms with Crippen LogP contribution in [0.3, 0.4) is 0 Å². The highest BCUT2D eigenvalue weighted by molar-refractivity contribution is 7.87. The lowest BCUT2D eigenvalue weighted by Gasteiger charge is -2.31. The first-order valence-electron chi connectivity index (χ1n) is 11.9. The quantitative estimate of drug-likeness (QED) is 0.624. The van der Waals surface area contributed by atoms with Crippen molar-refractivity contribution in [3.05, 3.63) is 71.0 Å². The van der Waals surface area contributed by atoms with Crippen LogP contribution in [0.25, 0.3) is 5.57 Å². The van der Waals surface area contributed by atoms with Crippen LogP contribution in [0, 0.1) is 5.82 Å². The number of benzene rings is 2. The number of amides is 3. The lowest BCUT2D eigenvalue weighted by molar-refractivity contribution is 0.0412. The Morgan fingerprint density at radius 3 is 2.35 bits per heavy atom. The van der Waals surface area contributed by atoms with Gasteiger partial charge in [-0.15, -0.1) is 0 Å². The van der Waals surface area contributed by atoms with Gasteiger partial charge in [0.2, 0.25) is 0 Å². The van der Waals surface area contributed by atoms with Gasteiger partial charge in [0.25, 0.3) is 0 Å². The minimum Gasteiger partial charge on any atom is -0.443 e. The fourth-order valence-electron chi connectivity index (χ4n) is 4.19. The van der Waals surface area contributed by atoms with Crippen molar-refractivity contribution in [3.63, 3.8) is 0 Å². The number of halogens is 1. The molecule has 3 amide bonds. The van der Waals surface area contributed by atoms with Crippen molar-refractivity contribution in [2.45, 2.75) is 45.9 Å². The van der Waals surface area contributed by atoms with E-state index < -0.39 is 21.9 Å². The van der Waals surface area contributed by atoms with E-state index in [0.717, 1.165) is 22.3 Å². The highest BCUT2D eigenvalue weighted by atomic mass is 32.2. The van der Waals surface area contributed by atoms with Gasteiger partial charge in [-0.1, -0.05) is 24.3 Å². The zero-order valence-electron chi connectivity index (χ0n) is 21.3. The van der Waals surface area contributed by atoms with E-state index in [9.17, 15) is 22.4 Å². The van der Waals surface area contributed by atoms with E-state index in [1.165, 1.54) is 23.5 Å². The van der Waals surface area contributed by atoms with Gasteiger partial charge in [0.15, 0.2) is 0 Å². The number of carbonyl (C=O) groups is 2. The highest BCUT2D eigenvalue weighted by Crippen LogP contribution is 2.27. The molecular formula is C26H31FN4O5S. The molecule has 198 valence electrons. The number of fused-ring (bicyclic) bond motifs is 1. The molecule has 4 rings (SSSR count). The summed E-state index contributed by atoms with van der Waals surface area (Å²) < 4.78 is 46.2. The number of rotatable bonds is 4. The Hall–Kier alpha value is -3.44. The molecule has 0 fully saturated rings. The first-order valence-corrected chi connectivity index (χ1v) is 13.3. The van der Waals surface area contributed by atoms with E-state index in [4.69, 9.17) is 4.74 Å². The summed E-state index contributed by atoms with van der Waals surface area (Å²) in [4.78, 5) is 26.5. The maximum absolute atomic E-state index is 13.5. The highest BCUT2D eigenvalue weighted by Gasteiger charge is 2.34. The molecule has 0 aliphatic carbocycles. The van der Waals surface area contributed by atoms with Gasteiger partial charge in [-0.3, -0.25) is 0 Å². The molecule has 2 heterocycles. The molecule has 0 radical (unpaired) electrons. The third-order valence-electron chi connectivity index (χ3n) is 6.18. The van der Waals surface area contributed by atoms with Crippen molar-refractivity contribution < 1.29 is 27.1 Å². The van der Waals surface area contributed by atoms with Crippen LogP contribution in [-0.2, 0) is 28.0 Å². The maximum Gasteiger partial charge on any atom is 0.424 e. The zero-order valence-corrected chi connectivity index (χ0v) is 22.1. The summed E-state index contributed by atoms with van der Waals surface area (Å²) in [6, 6.07) is 11.6. The predicted octanol–water partition coefficient (Wildman–Crippen LogP) is 4.57. The van der Waals surface area contributed by atoms with Crippen LogP contribution in [0.5, 0.6) is 0 Å². The average molecular weight is 531 g/mol. The Kier molecular flexibility index (Phi) is 7.29. The minimum absolute atomic E-state index is 0.124. The molecule has 1 N–H and O–H groups in total. The first kappa shape index (κ1) is 26.6. The van der Waals surface area contributed by atoms with Crippen LogP contribution in [0.2, 0.25) is 0 Å². The molecular weight excluding hydrogens is 499 g/mol. The molecule has 2 aromatic rings. The van der Waals surface area contributed by atoms with Crippen LogP contribution < -0.4 is 5.32 Å². The molecule has 0 bridgehead atoms. The predicted molar refractivity (Wildman–Crippen MR) is 138 cm³/mol. The van der Waals surface area contributed by atoms with E-state index >= 15 is 0 Å². The fourth-order valence-corrected chi connectivity index (χ4v) is 5.35. The standard InChI is InChI=1S/C26H31FN4O5S/c1-26(2,3)36-25(33)29(4)37(34,35)31-13-11-19(12-14-31)18-6-9-23(10-7-18)28-24(32)30-16-20-5-8-22(27)15-21(20)17-30/h5-11,15H,12-14,16-17H2,1-4H3,(H,28,32). The van der Waals surface area contributed by atoms with E-state index in [2.05, 4.69) is 5.32 Å². The lowest BCUT2D eigenvalue weighted by Crippen LogP contribution is -2.47.